The van der Waals surface area contributed by atoms with Crippen molar-refractivity contribution < 1.29 is 9.53 Å². The molecule has 1 heterocycles. The molecule has 0 radical (unpaired) electrons. The summed E-state index contributed by atoms with van der Waals surface area (Å²) in [6.07, 6.45) is 5.84. The predicted octanol–water partition coefficient (Wildman–Crippen LogP) is 2.50. The summed E-state index contributed by atoms with van der Waals surface area (Å²) in [6, 6.07) is 0. The molecule has 1 saturated carbocycles. The molecule has 17 heavy (non-hydrogen) atoms. The molecule has 0 bridgehead atoms. The van der Waals surface area contributed by atoms with Crippen LogP contribution in [-0.2, 0) is 11.3 Å². The van der Waals surface area contributed by atoms with Gasteiger partial charge in [-0.2, -0.15) is 5.10 Å². The highest BCUT2D eigenvalue weighted by molar-refractivity contribution is 5.88. The number of esters is 1. The molecular formula is C13H20N2O2. The summed E-state index contributed by atoms with van der Waals surface area (Å²) in [7, 11) is 0. The lowest BCUT2D eigenvalue weighted by Gasteiger charge is -2.42. The number of hydrogen-bond acceptors (Lipinski definition) is 3. The van der Waals surface area contributed by atoms with Crippen LogP contribution in [0, 0.1) is 11.3 Å². The number of hydrogen-bond donors (Lipinski definition) is 0. The second-order valence-electron chi connectivity index (χ2n) is 5.61. The fourth-order valence-corrected chi connectivity index (χ4v) is 2.68. The van der Waals surface area contributed by atoms with Crippen molar-refractivity contribution in [3.05, 3.63) is 18.0 Å². The Bertz CT molecular complexity index is 401. The van der Waals surface area contributed by atoms with Crippen LogP contribution < -0.4 is 0 Å². The van der Waals surface area contributed by atoms with Crippen molar-refractivity contribution in [2.24, 2.45) is 11.3 Å². The fourth-order valence-electron chi connectivity index (χ4n) is 2.68. The molecule has 4 nitrogen and oxygen atoms in total. The van der Waals surface area contributed by atoms with Gasteiger partial charge in [-0.3, -0.25) is 4.68 Å². The Morgan fingerprint density at radius 3 is 2.88 bits per heavy atom. The maximum absolute atomic E-state index is 11.5. The molecule has 1 aromatic heterocycles. The Morgan fingerprint density at radius 1 is 1.59 bits per heavy atom. The van der Waals surface area contributed by atoms with Gasteiger partial charge in [0.1, 0.15) is 0 Å². The molecule has 1 aromatic rings. The highest BCUT2D eigenvalue weighted by Crippen LogP contribution is 2.45. The highest BCUT2D eigenvalue weighted by atomic mass is 16.5. The SMILES string of the molecule is CCOC(=O)c1cnn(CC2CC(C)(C)C2)c1. The lowest BCUT2D eigenvalue weighted by Crippen LogP contribution is -2.34. The summed E-state index contributed by atoms with van der Waals surface area (Å²) >= 11 is 0. The second kappa shape index (κ2) is 4.51. The van der Waals surface area contributed by atoms with Gasteiger partial charge in [-0.25, -0.2) is 4.79 Å². The van der Waals surface area contributed by atoms with Crippen molar-refractivity contribution >= 4 is 5.97 Å². The Kier molecular flexibility index (Phi) is 3.22. The van der Waals surface area contributed by atoms with Crippen LogP contribution in [0.5, 0.6) is 0 Å². The first-order valence-corrected chi connectivity index (χ1v) is 6.20. The van der Waals surface area contributed by atoms with Crippen LogP contribution in [0.25, 0.3) is 0 Å². The molecule has 0 aromatic carbocycles. The topological polar surface area (TPSA) is 44.1 Å². The fraction of sp³-hybridized carbons (Fsp3) is 0.692. The maximum Gasteiger partial charge on any atom is 0.341 e. The molecule has 0 amide bonds. The minimum absolute atomic E-state index is 0.285. The maximum atomic E-state index is 11.5. The summed E-state index contributed by atoms with van der Waals surface area (Å²) < 4.78 is 6.78. The van der Waals surface area contributed by atoms with Crippen LogP contribution in [0.4, 0.5) is 0 Å². The Hall–Kier alpha value is -1.32. The van der Waals surface area contributed by atoms with E-state index in [1.807, 2.05) is 4.68 Å². The third kappa shape index (κ3) is 2.87. The summed E-state index contributed by atoms with van der Waals surface area (Å²) in [5.74, 6) is 0.410. The molecule has 0 unspecified atom stereocenters. The van der Waals surface area contributed by atoms with Gasteiger partial charge in [0.05, 0.1) is 18.4 Å². The van der Waals surface area contributed by atoms with E-state index in [4.69, 9.17) is 4.74 Å². The van der Waals surface area contributed by atoms with Gasteiger partial charge in [-0.15, -0.1) is 0 Å². The molecule has 0 aliphatic heterocycles. The van der Waals surface area contributed by atoms with E-state index in [1.165, 1.54) is 12.8 Å². The van der Waals surface area contributed by atoms with E-state index in [2.05, 4.69) is 18.9 Å². The molecule has 0 saturated heterocycles. The van der Waals surface area contributed by atoms with Crippen molar-refractivity contribution in [2.75, 3.05) is 6.61 Å². The van der Waals surface area contributed by atoms with Crippen molar-refractivity contribution in [2.45, 2.75) is 40.2 Å². The monoisotopic (exact) mass is 236 g/mol. The van der Waals surface area contributed by atoms with E-state index in [0.29, 0.717) is 23.5 Å². The number of carbonyl (C=O) groups excluding carboxylic acids is 1. The smallest absolute Gasteiger partial charge is 0.341 e. The quantitative estimate of drug-likeness (QED) is 0.754. The van der Waals surface area contributed by atoms with Crippen molar-refractivity contribution in [1.82, 2.24) is 9.78 Å². The number of nitrogens with zero attached hydrogens (tertiary/aromatic N) is 2. The second-order valence-corrected chi connectivity index (χ2v) is 5.61. The van der Waals surface area contributed by atoms with E-state index in [-0.39, 0.29) is 5.97 Å². The zero-order chi connectivity index (χ0) is 12.5. The van der Waals surface area contributed by atoms with Gasteiger partial charge in [0, 0.05) is 12.7 Å². The first kappa shape index (κ1) is 12.1. The molecule has 94 valence electrons. The Balaban J connectivity index is 1.89. The largest absolute Gasteiger partial charge is 0.462 e. The van der Waals surface area contributed by atoms with Gasteiger partial charge in [-0.1, -0.05) is 13.8 Å². The predicted molar refractivity (Wildman–Crippen MR) is 64.7 cm³/mol. The van der Waals surface area contributed by atoms with Gasteiger partial charge in [0.2, 0.25) is 0 Å². The third-order valence-corrected chi connectivity index (χ3v) is 3.27. The van der Waals surface area contributed by atoms with Gasteiger partial charge in [0.15, 0.2) is 0 Å². The Labute approximate surface area is 102 Å². The summed E-state index contributed by atoms with van der Waals surface area (Å²) in [6.45, 7) is 7.69. The van der Waals surface area contributed by atoms with Gasteiger partial charge in [0.25, 0.3) is 0 Å². The standard InChI is InChI=1S/C13H20N2O2/c1-4-17-12(16)11-7-14-15(9-11)8-10-5-13(2,3)6-10/h7,9-10H,4-6,8H2,1-3H3. The van der Waals surface area contributed by atoms with Gasteiger partial charge in [-0.05, 0) is 31.1 Å². The zero-order valence-electron chi connectivity index (χ0n) is 10.8. The molecule has 1 aliphatic carbocycles. The van der Waals surface area contributed by atoms with E-state index < -0.39 is 0 Å². The number of ether oxygens (including phenoxy) is 1. The van der Waals surface area contributed by atoms with Crippen molar-refractivity contribution in [3.63, 3.8) is 0 Å². The van der Waals surface area contributed by atoms with E-state index in [0.717, 1.165) is 6.54 Å². The normalized spacial score (nSPS) is 18.8. The number of rotatable bonds is 4. The minimum atomic E-state index is -0.285. The molecule has 1 fully saturated rings. The van der Waals surface area contributed by atoms with Crippen LogP contribution >= 0.6 is 0 Å². The van der Waals surface area contributed by atoms with Crippen molar-refractivity contribution in [3.8, 4) is 0 Å². The third-order valence-electron chi connectivity index (χ3n) is 3.27. The molecule has 0 atom stereocenters. The average molecular weight is 236 g/mol. The van der Waals surface area contributed by atoms with Crippen LogP contribution in [-0.4, -0.2) is 22.4 Å². The lowest BCUT2D eigenvalue weighted by atomic mass is 9.64. The van der Waals surface area contributed by atoms with Gasteiger partial charge >= 0.3 is 5.97 Å². The van der Waals surface area contributed by atoms with Crippen LogP contribution in [0.15, 0.2) is 12.4 Å². The first-order chi connectivity index (χ1) is 8.00. The van der Waals surface area contributed by atoms with Crippen molar-refractivity contribution in [1.29, 1.82) is 0 Å². The molecule has 4 heteroatoms. The van der Waals surface area contributed by atoms with Crippen LogP contribution in [0.1, 0.15) is 44.0 Å². The molecule has 0 N–H and O–H groups in total. The lowest BCUT2D eigenvalue weighted by molar-refractivity contribution is 0.0525. The van der Waals surface area contributed by atoms with E-state index in [1.54, 1.807) is 19.3 Å². The number of carbonyl (C=O) groups is 1. The first-order valence-electron chi connectivity index (χ1n) is 6.20. The van der Waals surface area contributed by atoms with E-state index in [9.17, 15) is 4.79 Å². The molecule has 1 aliphatic rings. The average Bonchev–Trinajstić information content (AvgIpc) is 2.64. The summed E-state index contributed by atoms with van der Waals surface area (Å²) in [4.78, 5) is 11.5. The number of aromatic nitrogens is 2. The van der Waals surface area contributed by atoms with E-state index >= 15 is 0 Å². The zero-order valence-corrected chi connectivity index (χ0v) is 10.8. The van der Waals surface area contributed by atoms with Gasteiger partial charge < -0.3 is 4.74 Å². The van der Waals surface area contributed by atoms with Crippen LogP contribution in [0.3, 0.4) is 0 Å². The molecule has 2 rings (SSSR count). The van der Waals surface area contributed by atoms with Crippen LogP contribution in [0.2, 0.25) is 0 Å². The highest BCUT2D eigenvalue weighted by Gasteiger charge is 2.36. The molecule has 0 spiro atoms. The summed E-state index contributed by atoms with van der Waals surface area (Å²) in [5, 5.41) is 4.20. The molecular weight excluding hydrogens is 216 g/mol. The minimum Gasteiger partial charge on any atom is -0.462 e. The summed E-state index contributed by atoms with van der Waals surface area (Å²) in [5.41, 5.74) is 1.03. The Morgan fingerprint density at radius 2 is 2.29 bits per heavy atom.